The number of nitrogens with zero attached hydrogens (tertiary/aromatic N) is 5. The molecule has 0 bridgehead atoms. The van der Waals surface area contributed by atoms with Crippen molar-refractivity contribution in [1.29, 1.82) is 5.26 Å². The number of hydrogen-bond donors (Lipinski definition) is 1. The summed E-state index contributed by atoms with van der Waals surface area (Å²) < 4.78 is 13.4. The van der Waals surface area contributed by atoms with Crippen molar-refractivity contribution in [3.05, 3.63) is 75.7 Å². The van der Waals surface area contributed by atoms with Gasteiger partial charge in [-0.15, -0.1) is 0 Å². The third-order valence-corrected chi connectivity index (χ3v) is 7.35. The number of hydrogen-bond acceptors (Lipinski definition) is 7. The van der Waals surface area contributed by atoms with Crippen LogP contribution in [0.1, 0.15) is 35.5 Å². The Balaban J connectivity index is 1.79. The lowest BCUT2D eigenvalue weighted by molar-refractivity contribution is 0.0689. The third kappa shape index (κ3) is 4.75. The second-order valence-corrected chi connectivity index (χ2v) is 10.7. The number of ether oxygens (including phenoxy) is 2. The van der Waals surface area contributed by atoms with Gasteiger partial charge in [0.2, 0.25) is 0 Å². The molecule has 2 aromatic heterocycles. The molecule has 1 amide bonds. The molecule has 0 aliphatic carbocycles. The zero-order valence-corrected chi connectivity index (χ0v) is 23.7. The number of fused-ring (bicyclic) bond motifs is 3. The molecule has 40 heavy (non-hydrogen) atoms. The molecule has 3 heterocycles. The Bertz CT molecular complexity index is 1670. The van der Waals surface area contributed by atoms with Gasteiger partial charge in [0.25, 0.3) is 5.91 Å². The molecule has 1 aliphatic heterocycles. The molecule has 0 saturated heterocycles. The van der Waals surface area contributed by atoms with E-state index in [2.05, 4.69) is 11.1 Å². The molecule has 0 fully saturated rings. The summed E-state index contributed by atoms with van der Waals surface area (Å²) in [5.41, 5.74) is 3.49. The van der Waals surface area contributed by atoms with E-state index >= 15 is 0 Å². The van der Waals surface area contributed by atoms with Crippen molar-refractivity contribution in [1.82, 2.24) is 19.7 Å². The topological polar surface area (TPSA) is 114 Å². The van der Waals surface area contributed by atoms with Gasteiger partial charge in [0.1, 0.15) is 23.6 Å². The second kappa shape index (κ2) is 10.5. The number of carbonyl (C=O) groups excluding carboxylic acids is 1. The van der Waals surface area contributed by atoms with Gasteiger partial charge in [-0.1, -0.05) is 23.2 Å². The molecule has 0 atom stereocenters. The zero-order chi connectivity index (χ0) is 28.8. The Kier molecular flexibility index (Phi) is 7.19. The van der Waals surface area contributed by atoms with Gasteiger partial charge in [-0.3, -0.25) is 9.78 Å². The number of aliphatic hydroxyl groups excluding tert-OH is 1. The van der Waals surface area contributed by atoms with Crippen LogP contribution >= 0.6 is 23.2 Å². The molecule has 9 nitrogen and oxygen atoms in total. The van der Waals surface area contributed by atoms with Gasteiger partial charge < -0.3 is 19.5 Å². The zero-order valence-electron chi connectivity index (χ0n) is 22.2. The first-order valence-corrected chi connectivity index (χ1v) is 13.0. The number of halogens is 2. The minimum Gasteiger partial charge on any atom is -0.496 e. The van der Waals surface area contributed by atoms with Crippen LogP contribution in [0.3, 0.4) is 0 Å². The number of pyridine rings is 1. The van der Waals surface area contributed by atoms with E-state index in [0.29, 0.717) is 55.2 Å². The van der Waals surface area contributed by atoms with E-state index < -0.39 is 11.4 Å². The highest BCUT2D eigenvalue weighted by Gasteiger charge is 2.36. The Morgan fingerprint density at radius 2 is 1.90 bits per heavy atom. The summed E-state index contributed by atoms with van der Waals surface area (Å²) >= 11 is 12.7. The van der Waals surface area contributed by atoms with E-state index in [1.54, 1.807) is 69.3 Å². The molecular formula is C29H25Cl2N5O4. The maximum Gasteiger partial charge on any atom is 0.275 e. The summed E-state index contributed by atoms with van der Waals surface area (Å²) in [5.74, 6) is 0.636. The van der Waals surface area contributed by atoms with Gasteiger partial charge in [0.15, 0.2) is 5.69 Å². The van der Waals surface area contributed by atoms with Crippen LogP contribution in [-0.2, 0) is 13.2 Å². The summed E-state index contributed by atoms with van der Waals surface area (Å²) in [7, 11) is 3.12. The molecule has 1 N–H and O–H groups in total. The lowest BCUT2D eigenvalue weighted by atomic mass is 9.95. The fourth-order valence-electron chi connectivity index (χ4n) is 4.50. The van der Waals surface area contributed by atoms with Crippen molar-refractivity contribution in [2.45, 2.75) is 32.6 Å². The van der Waals surface area contributed by atoms with Gasteiger partial charge in [-0.05, 0) is 49.7 Å². The summed E-state index contributed by atoms with van der Waals surface area (Å²) in [6.07, 6.45) is 3.26. The van der Waals surface area contributed by atoms with E-state index in [1.807, 2.05) is 12.1 Å². The molecular weight excluding hydrogens is 553 g/mol. The van der Waals surface area contributed by atoms with Gasteiger partial charge in [0, 0.05) is 57.8 Å². The number of carbonyl (C=O) groups is 1. The normalized spacial score (nSPS) is 12.2. The van der Waals surface area contributed by atoms with Crippen molar-refractivity contribution in [2.24, 2.45) is 0 Å². The first kappa shape index (κ1) is 27.5. The van der Waals surface area contributed by atoms with Crippen LogP contribution in [0.15, 0.2) is 48.8 Å². The number of aromatic nitrogens is 3. The number of rotatable bonds is 6. The lowest BCUT2D eigenvalue weighted by Gasteiger charge is -2.29. The average Bonchev–Trinajstić information content (AvgIpc) is 3.35. The Morgan fingerprint density at radius 1 is 1.18 bits per heavy atom. The van der Waals surface area contributed by atoms with Crippen LogP contribution in [0.25, 0.3) is 28.1 Å². The first-order valence-electron chi connectivity index (χ1n) is 12.3. The summed E-state index contributed by atoms with van der Waals surface area (Å²) in [5, 5.41) is 24.8. The fourth-order valence-corrected chi connectivity index (χ4v) is 5.02. The van der Waals surface area contributed by atoms with Crippen LogP contribution in [-0.4, -0.2) is 50.4 Å². The third-order valence-electron chi connectivity index (χ3n) is 6.91. The molecule has 0 saturated carbocycles. The maximum absolute atomic E-state index is 13.7. The number of nitriles is 1. The van der Waals surface area contributed by atoms with Crippen molar-refractivity contribution in [3.63, 3.8) is 0 Å². The lowest BCUT2D eigenvalue weighted by Crippen LogP contribution is -2.44. The van der Waals surface area contributed by atoms with Crippen LogP contribution in [0.2, 0.25) is 10.0 Å². The number of aliphatic hydroxyl groups is 1. The largest absolute Gasteiger partial charge is 0.496 e. The van der Waals surface area contributed by atoms with E-state index in [1.165, 1.54) is 4.90 Å². The first-order chi connectivity index (χ1) is 19.1. The fraction of sp³-hybridized carbons (Fsp3) is 0.241. The monoisotopic (exact) mass is 577 g/mol. The SMILES string of the molecule is COc1cc2c(cc1-c1cncc(CO)c1)-c1c(c(C(=O)N(C)C(C)(C)C#N)nn1-c1cc(Cl)cc(Cl)c1)CO2. The molecule has 11 heteroatoms. The number of amides is 1. The molecule has 1 aliphatic rings. The van der Waals surface area contributed by atoms with E-state index in [0.717, 1.165) is 5.56 Å². The smallest absolute Gasteiger partial charge is 0.275 e. The molecule has 0 radical (unpaired) electrons. The highest BCUT2D eigenvalue weighted by Crippen LogP contribution is 2.46. The van der Waals surface area contributed by atoms with Crippen LogP contribution in [0, 0.1) is 11.3 Å². The van der Waals surface area contributed by atoms with Crippen molar-refractivity contribution in [3.8, 4) is 45.6 Å². The number of methoxy groups -OCH3 is 1. The Labute approximate surface area is 241 Å². The van der Waals surface area contributed by atoms with E-state index in [-0.39, 0.29) is 18.9 Å². The molecule has 4 aromatic rings. The molecule has 2 aromatic carbocycles. The van der Waals surface area contributed by atoms with E-state index in [4.69, 9.17) is 37.8 Å². The van der Waals surface area contributed by atoms with Crippen LogP contribution < -0.4 is 9.47 Å². The van der Waals surface area contributed by atoms with Gasteiger partial charge in [-0.2, -0.15) is 10.4 Å². The highest BCUT2D eigenvalue weighted by molar-refractivity contribution is 6.34. The van der Waals surface area contributed by atoms with E-state index in [9.17, 15) is 15.2 Å². The summed E-state index contributed by atoms with van der Waals surface area (Å²) in [4.78, 5) is 19.3. The van der Waals surface area contributed by atoms with Gasteiger partial charge in [0.05, 0.1) is 31.2 Å². The average molecular weight is 578 g/mol. The molecule has 5 rings (SSSR count). The molecule has 204 valence electrons. The van der Waals surface area contributed by atoms with Crippen LogP contribution in [0.4, 0.5) is 0 Å². The highest BCUT2D eigenvalue weighted by atomic mass is 35.5. The second-order valence-electron chi connectivity index (χ2n) is 9.83. The Morgan fingerprint density at radius 3 is 2.55 bits per heavy atom. The van der Waals surface area contributed by atoms with Gasteiger partial charge >= 0.3 is 0 Å². The number of benzene rings is 2. The summed E-state index contributed by atoms with van der Waals surface area (Å²) in [6.45, 7) is 3.21. The van der Waals surface area contributed by atoms with Crippen LogP contribution in [0.5, 0.6) is 11.5 Å². The summed E-state index contributed by atoms with van der Waals surface area (Å²) in [6, 6.07) is 12.6. The Hall–Kier alpha value is -4.10. The van der Waals surface area contributed by atoms with Gasteiger partial charge in [-0.25, -0.2) is 4.68 Å². The standard InChI is InChI=1S/C29H25Cl2N5O4/c1-29(2,15-32)35(3)28(38)26-23-14-40-25-10-24(39-4)21(17-5-16(13-37)11-33-12-17)9-22(25)27(23)36(34-26)20-7-18(30)6-19(31)8-20/h5-12,37H,13-14H2,1-4H3. The minimum atomic E-state index is -1.08. The predicted octanol–water partition coefficient (Wildman–Crippen LogP) is 5.68. The van der Waals surface area contributed by atoms with Crippen molar-refractivity contribution in [2.75, 3.05) is 14.2 Å². The molecule has 0 spiro atoms. The predicted molar refractivity (Wildman–Crippen MR) is 151 cm³/mol. The minimum absolute atomic E-state index is 0.0581. The molecule has 0 unspecified atom stereocenters. The van der Waals surface area contributed by atoms with Crippen molar-refractivity contribution >= 4 is 29.1 Å². The van der Waals surface area contributed by atoms with Crippen molar-refractivity contribution < 1.29 is 19.4 Å². The quantitative estimate of drug-likeness (QED) is 0.313. The maximum atomic E-state index is 13.7.